The molecule has 3 aromatic rings. The molecule has 0 aliphatic carbocycles. The third-order valence-corrected chi connectivity index (χ3v) is 7.01. The van der Waals surface area contributed by atoms with Crippen LogP contribution in [0.3, 0.4) is 0 Å². The lowest BCUT2D eigenvalue weighted by atomic mass is 9.98. The van der Waals surface area contributed by atoms with Crippen LogP contribution in [0.15, 0.2) is 64.3 Å². The molecule has 1 aliphatic heterocycles. The first-order chi connectivity index (χ1) is 13.9. The van der Waals surface area contributed by atoms with E-state index in [-0.39, 0.29) is 23.0 Å². The van der Waals surface area contributed by atoms with E-state index in [1.54, 1.807) is 7.05 Å². The molecular weight excluding hydrogens is 395 g/mol. The molecule has 1 aliphatic rings. The molecule has 29 heavy (non-hydrogen) atoms. The lowest BCUT2D eigenvalue weighted by molar-refractivity contribution is 0.307. The number of para-hydroxylation sites is 1. The maximum atomic E-state index is 13.6. The zero-order chi connectivity index (χ0) is 20.6. The zero-order valence-corrected chi connectivity index (χ0v) is 16.7. The van der Waals surface area contributed by atoms with Gasteiger partial charge < -0.3 is 0 Å². The van der Waals surface area contributed by atoms with E-state index in [1.807, 2.05) is 30.3 Å². The lowest BCUT2D eigenvalue weighted by Crippen LogP contribution is -2.40. The third-order valence-electron chi connectivity index (χ3n) is 5.15. The number of hydrogen-bond donors (Lipinski definition) is 0. The maximum Gasteiger partial charge on any atom is 0.350 e. The quantitative estimate of drug-likeness (QED) is 0.654. The minimum absolute atomic E-state index is 0.0698. The zero-order valence-electron chi connectivity index (χ0n) is 15.9. The average molecular weight is 416 g/mol. The van der Waals surface area contributed by atoms with Crippen LogP contribution in [0.25, 0.3) is 5.69 Å². The Morgan fingerprint density at radius 3 is 2.59 bits per heavy atom. The number of benzene rings is 2. The van der Waals surface area contributed by atoms with E-state index in [9.17, 15) is 17.6 Å². The van der Waals surface area contributed by atoms with Crippen molar-refractivity contribution in [2.24, 2.45) is 7.05 Å². The van der Waals surface area contributed by atoms with Crippen LogP contribution in [0, 0.1) is 5.82 Å². The molecule has 0 radical (unpaired) electrons. The SMILES string of the molecule is Cn1nc(C2CCCN(S(=O)(=O)c3cccc(F)c3)C2)n(-c2ccccc2)c1=O. The highest BCUT2D eigenvalue weighted by Crippen LogP contribution is 2.30. The van der Waals surface area contributed by atoms with Crippen molar-refractivity contribution < 1.29 is 12.8 Å². The van der Waals surface area contributed by atoms with Gasteiger partial charge >= 0.3 is 5.69 Å². The Labute approximate surface area is 168 Å². The number of aryl methyl sites for hydroxylation is 1. The van der Waals surface area contributed by atoms with E-state index in [0.717, 1.165) is 6.07 Å². The molecule has 152 valence electrons. The number of hydrogen-bond acceptors (Lipinski definition) is 4. The fourth-order valence-corrected chi connectivity index (χ4v) is 5.27. The highest BCUT2D eigenvalue weighted by Gasteiger charge is 2.34. The fourth-order valence-electron chi connectivity index (χ4n) is 3.72. The van der Waals surface area contributed by atoms with Gasteiger partial charge in [0, 0.05) is 26.1 Å². The molecule has 0 spiro atoms. The topological polar surface area (TPSA) is 77.2 Å². The molecule has 7 nitrogen and oxygen atoms in total. The molecule has 2 heterocycles. The fraction of sp³-hybridized carbons (Fsp3) is 0.300. The van der Waals surface area contributed by atoms with Gasteiger partial charge in [0.2, 0.25) is 10.0 Å². The first-order valence-corrected chi connectivity index (χ1v) is 10.8. The number of rotatable bonds is 4. The van der Waals surface area contributed by atoms with Crippen molar-refractivity contribution in [3.05, 3.63) is 76.7 Å². The Hall–Kier alpha value is -2.78. The summed E-state index contributed by atoms with van der Waals surface area (Å²) < 4.78 is 43.7. The second-order valence-corrected chi connectivity index (χ2v) is 9.03. The summed E-state index contributed by atoms with van der Waals surface area (Å²) in [4.78, 5) is 12.6. The molecule has 0 saturated carbocycles. The number of nitrogens with zero attached hydrogens (tertiary/aromatic N) is 4. The monoisotopic (exact) mass is 416 g/mol. The molecule has 1 atom stereocenters. The second kappa shape index (κ2) is 7.57. The first kappa shape index (κ1) is 19.5. The molecule has 1 saturated heterocycles. The van der Waals surface area contributed by atoms with Gasteiger partial charge in [0.25, 0.3) is 0 Å². The number of halogens is 1. The predicted molar refractivity (Wildman–Crippen MR) is 106 cm³/mol. The summed E-state index contributed by atoms with van der Waals surface area (Å²) in [6, 6.07) is 14.2. The summed E-state index contributed by atoms with van der Waals surface area (Å²) in [6.07, 6.45) is 1.33. The van der Waals surface area contributed by atoms with Gasteiger partial charge in [0.1, 0.15) is 11.6 Å². The second-order valence-electron chi connectivity index (χ2n) is 7.09. The van der Waals surface area contributed by atoms with Crippen molar-refractivity contribution in [1.82, 2.24) is 18.7 Å². The Balaban J connectivity index is 1.70. The van der Waals surface area contributed by atoms with Crippen LogP contribution >= 0.6 is 0 Å². The van der Waals surface area contributed by atoms with Gasteiger partial charge in [0.15, 0.2) is 0 Å². The number of aromatic nitrogens is 3. The van der Waals surface area contributed by atoms with Crippen LogP contribution in [-0.4, -0.2) is 40.2 Å². The Morgan fingerprint density at radius 2 is 1.86 bits per heavy atom. The smallest absolute Gasteiger partial charge is 0.247 e. The summed E-state index contributed by atoms with van der Waals surface area (Å²) >= 11 is 0. The van der Waals surface area contributed by atoms with Crippen molar-refractivity contribution in [3.8, 4) is 5.69 Å². The first-order valence-electron chi connectivity index (χ1n) is 9.35. The highest BCUT2D eigenvalue weighted by molar-refractivity contribution is 7.89. The van der Waals surface area contributed by atoms with E-state index in [1.165, 1.54) is 31.8 Å². The van der Waals surface area contributed by atoms with Crippen molar-refractivity contribution in [2.45, 2.75) is 23.7 Å². The molecule has 9 heteroatoms. The van der Waals surface area contributed by atoms with Crippen molar-refractivity contribution in [1.29, 1.82) is 0 Å². The molecule has 4 rings (SSSR count). The predicted octanol–water partition coefficient (Wildman–Crippen LogP) is 2.28. The Kier molecular flexibility index (Phi) is 5.10. The standard InChI is InChI=1S/C20H21FN4O3S/c1-23-20(26)25(17-9-3-2-4-10-17)19(22-23)15-7-6-12-24(14-15)29(27,28)18-11-5-8-16(21)13-18/h2-5,8-11,13,15H,6-7,12,14H2,1H3. The van der Waals surface area contributed by atoms with Gasteiger partial charge in [-0.2, -0.15) is 9.40 Å². The summed E-state index contributed by atoms with van der Waals surface area (Å²) in [5, 5.41) is 4.40. The van der Waals surface area contributed by atoms with Crippen LogP contribution < -0.4 is 5.69 Å². The summed E-state index contributed by atoms with van der Waals surface area (Å²) in [5.41, 5.74) is 0.405. The van der Waals surface area contributed by atoms with Crippen LogP contribution in [0.2, 0.25) is 0 Å². The summed E-state index contributed by atoms with van der Waals surface area (Å²) in [7, 11) is -2.26. The molecule has 1 fully saturated rings. The van der Waals surface area contributed by atoms with Gasteiger partial charge in [-0.15, -0.1) is 0 Å². The van der Waals surface area contributed by atoms with Crippen molar-refractivity contribution in [2.75, 3.05) is 13.1 Å². The molecule has 2 aromatic carbocycles. The van der Waals surface area contributed by atoms with E-state index in [4.69, 9.17) is 0 Å². The Morgan fingerprint density at radius 1 is 1.10 bits per heavy atom. The minimum atomic E-state index is -3.83. The van der Waals surface area contributed by atoms with E-state index in [0.29, 0.717) is 30.9 Å². The van der Waals surface area contributed by atoms with Crippen LogP contribution in [0.1, 0.15) is 24.6 Å². The van der Waals surface area contributed by atoms with Gasteiger partial charge in [-0.05, 0) is 43.2 Å². The summed E-state index contributed by atoms with van der Waals surface area (Å²) in [6.45, 7) is 0.528. The van der Waals surface area contributed by atoms with Gasteiger partial charge in [-0.25, -0.2) is 26.9 Å². The molecule has 0 N–H and O–H groups in total. The van der Waals surface area contributed by atoms with Crippen LogP contribution in [0.5, 0.6) is 0 Å². The van der Waals surface area contributed by atoms with Crippen molar-refractivity contribution >= 4 is 10.0 Å². The van der Waals surface area contributed by atoms with Crippen molar-refractivity contribution in [3.63, 3.8) is 0 Å². The molecule has 0 bridgehead atoms. The number of sulfonamides is 1. The van der Waals surface area contributed by atoms with Gasteiger partial charge in [-0.1, -0.05) is 24.3 Å². The largest absolute Gasteiger partial charge is 0.350 e. The lowest BCUT2D eigenvalue weighted by Gasteiger charge is -2.31. The number of piperidine rings is 1. The Bertz CT molecular complexity index is 1190. The van der Waals surface area contributed by atoms with E-state index < -0.39 is 15.8 Å². The van der Waals surface area contributed by atoms with Crippen LogP contribution in [-0.2, 0) is 17.1 Å². The van der Waals surface area contributed by atoms with E-state index in [2.05, 4.69) is 5.10 Å². The molecular formula is C20H21FN4O3S. The molecule has 1 unspecified atom stereocenters. The maximum absolute atomic E-state index is 13.6. The third kappa shape index (κ3) is 3.63. The normalized spacial score (nSPS) is 18.1. The minimum Gasteiger partial charge on any atom is -0.247 e. The molecule has 0 amide bonds. The van der Waals surface area contributed by atoms with E-state index >= 15 is 0 Å². The van der Waals surface area contributed by atoms with Crippen LogP contribution in [0.4, 0.5) is 4.39 Å². The highest BCUT2D eigenvalue weighted by atomic mass is 32.2. The van der Waals surface area contributed by atoms with Gasteiger partial charge in [-0.3, -0.25) is 0 Å². The average Bonchev–Trinajstić information content (AvgIpc) is 3.03. The van der Waals surface area contributed by atoms with Gasteiger partial charge in [0.05, 0.1) is 10.6 Å². The summed E-state index contributed by atoms with van der Waals surface area (Å²) in [5.74, 6) is -0.314. The molecule has 1 aromatic heterocycles.